The van der Waals surface area contributed by atoms with Crippen LogP contribution in [0, 0.1) is 0 Å². The average molecular weight is 292 g/mol. The summed E-state index contributed by atoms with van der Waals surface area (Å²) in [6.45, 7) is 0.276. The van der Waals surface area contributed by atoms with Gasteiger partial charge in [0.15, 0.2) is 0 Å². The van der Waals surface area contributed by atoms with E-state index < -0.39 is 5.97 Å². The molecular weight excluding hydrogens is 272 g/mol. The van der Waals surface area contributed by atoms with Gasteiger partial charge in [0.1, 0.15) is 0 Å². The number of urea groups is 1. The number of aryl methyl sites for hydroxylation is 1. The molecule has 0 bridgehead atoms. The Bertz CT molecular complexity index is 514. The van der Waals surface area contributed by atoms with Gasteiger partial charge in [-0.25, -0.2) is 4.79 Å². The third kappa shape index (κ3) is 4.75. The average Bonchev–Trinajstić information content (AvgIpc) is 3.27. The Morgan fingerprint density at radius 3 is 2.71 bits per heavy atom. The van der Waals surface area contributed by atoms with Gasteiger partial charge in [0.25, 0.3) is 0 Å². The second-order valence-electron chi connectivity index (χ2n) is 5.17. The zero-order chi connectivity index (χ0) is 15.2. The second kappa shape index (κ2) is 7.08. The van der Waals surface area contributed by atoms with Crippen LogP contribution in [0.4, 0.5) is 10.5 Å². The Morgan fingerprint density at radius 1 is 1.33 bits per heavy atom. The normalized spacial score (nSPS) is 13.8. The number of aliphatic carboxylic acids is 1. The molecule has 1 saturated carbocycles. The first kappa shape index (κ1) is 15.3. The number of carboxylic acids is 1. The van der Waals surface area contributed by atoms with E-state index >= 15 is 0 Å². The second-order valence-corrected chi connectivity index (χ2v) is 5.17. The van der Waals surface area contributed by atoms with E-state index in [1.54, 1.807) is 23.1 Å². The Kier molecular flexibility index (Phi) is 5.16. The number of hydrogen-bond acceptors (Lipinski definition) is 3. The van der Waals surface area contributed by atoms with Gasteiger partial charge in [-0.15, -0.1) is 0 Å². The van der Waals surface area contributed by atoms with E-state index in [1.165, 1.54) is 0 Å². The van der Waals surface area contributed by atoms with E-state index in [2.05, 4.69) is 5.32 Å². The topological polar surface area (TPSA) is 89.9 Å². The number of nitrogens with one attached hydrogen (secondary N) is 1. The number of carbonyl (C=O) groups excluding carboxylic acids is 1. The van der Waals surface area contributed by atoms with Crippen LogP contribution in [0.25, 0.3) is 0 Å². The van der Waals surface area contributed by atoms with Crippen molar-refractivity contribution in [3.05, 3.63) is 29.8 Å². The molecular formula is C15H20N2O4. The maximum atomic E-state index is 12.2. The molecule has 0 unspecified atom stereocenters. The number of hydrogen-bond donors (Lipinski definition) is 3. The molecule has 1 fully saturated rings. The monoisotopic (exact) mass is 292 g/mol. The third-order valence-corrected chi connectivity index (χ3v) is 3.40. The highest BCUT2D eigenvalue weighted by Crippen LogP contribution is 2.27. The summed E-state index contributed by atoms with van der Waals surface area (Å²) in [6.07, 6.45) is 2.45. The molecule has 0 saturated heterocycles. The van der Waals surface area contributed by atoms with Crippen molar-refractivity contribution >= 4 is 17.7 Å². The minimum absolute atomic E-state index is 0.0530. The van der Waals surface area contributed by atoms with Gasteiger partial charge >= 0.3 is 12.0 Å². The molecule has 1 aliphatic rings. The minimum atomic E-state index is -0.840. The number of nitrogens with zero attached hydrogens (tertiary/aromatic N) is 1. The Labute approximate surface area is 123 Å². The molecule has 0 atom stereocenters. The summed E-state index contributed by atoms with van der Waals surface area (Å²) < 4.78 is 0. The van der Waals surface area contributed by atoms with Gasteiger partial charge in [0, 0.05) is 24.7 Å². The summed E-state index contributed by atoms with van der Waals surface area (Å²) >= 11 is 0. The fourth-order valence-corrected chi connectivity index (χ4v) is 2.20. The molecule has 1 aromatic carbocycles. The van der Waals surface area contributed by atoms with Gasteiger partial charge in [0.2, 0.25) is 0 Å². The summed E-state index contributed by atoms with van der Waals surface area (Å²) in [7, 11) is 0. The fraction of sp³-hybridized carbons (Fsp3) is 0.467. The van der Waals surface area contributed by atoms with Crippen LogP contribution in [-0.2, 0) is 11.2 Å². The lowest BCUT2D eigenvalue weighted by Gasteiger charge is -2.21. The summed E-state index contributed by atoms with van der Waals surface area (Å²) in [4.78, 5) is 24.4. The predicted octanol–water partition coefficient (Wildman–Crippen LogP) is 1.69. The number of rotatable bonds is 7. The molecule has 6 heteroatoms. The Balaban J connectivity index is 1.96. The smallest absolute Gasteiger partial charge is 0.322 e. The molecule has 2 rings (SSSR count). The van der Waals surface area contributed by atoms with Crippen molar-refractivity contribution in [1.82, 2.24) is 4.90 Å². The summed E-state index contributed by atoms with van der Waals surface area (Å²) in [5.41, 5.74) is 1.52. The molecule has 6 nitrogen and oxygen atoms in total. The highest BCUT2D eigenvalue weighted by atomic mass is 16.4. The zero-order valence-corrected chi connectivity index (χ0v) is 11.8. The lowest BCUT2D eigenvalue weighted by Crippen LogP contribution is -2.38. The minimum Gasteiger partial charge on any atom is -0.481 e. The number of aliphatic hydroxyl groups excluding tert-OH is 1. The van der Waals surface area contributed by atoms with Crippen LogP contribution in [-0.4, -0.2) is 46.3 Å². The number of aliphatic hydroxyl groups is 1. The van der Waals surface area contributed by atoms with Crippen LogP contribution in [0.15, 0.2) is 24.3 Å². The lowest BCUT2D eigenvalue weighted by atomic mass is 10.1. The van der Waals surface area contributed by atoms with Crippen molar-refractivity contribution in [2.75, 3.05) is 18.5 Å². The van der Waals surface area contributed by atoms with Crippen molar-refractivity contribution in [2.24, 2.45) is 0 Å². The first-order chi connectivity index (χ1) is 10.1. The van der Waals surface area contributed by atoms with Crippen LogP contribution >= 0.6 is 0 Å². The molecule has 21 heavy (non-hydrogen) atoms. The summed E-state index contributed by atoms with van der Waals surface area (Å²) in [6, 6.07) is 7.19. The van der Waals surface area contributed by atoms with Gasteiger partial charge in [-0.05, 0) is 37.0 Å². The third-order valence-electron chi connectivity index (χ3n) is 3.40. The Hall–Kier alpha value is -2.08. The number of carboxylic acid groups (broad SMARTS) is 1. The van der Waals surface area contributed by atoms with Gasteiger partial charge in [-0.2, -0.15) is 0 Å². The first-order valence-corrected chi connectivity index (χ1v) is 7.09. The van der Waals surface area contributed by atoms with E-state index in [0.717, 1.165) is 18.4 Å². The van der Waals surface area contributed by atoms with E-state index in [-0.39, 0.29) is 25.1 Å². The molecule has 0 radical (unpaired) electrons. The SMILES string of the molecule is O=C(O)CCc1cccc(NC(=O)N(CCO)C2CC2)c1. The van der Waals surface area contributed by atoms with Gasteiger partial charge in [-0.3, -0.25) is 4.79 Å². The van der Waals surface area contributed by atoms with Crippen molar-refractivity contribution in [3.63, 3.8) is 0 Å². The highest BCUT2D eigenvalue weighted by Gasteiger charge is 2.32. The van der Waals surface area contributed by atoms with E-state index in [1.807, 2.05) is 6.07 Å². The van der Waals surface area contributed by atoms with Crippen LogP contribution < -0.4 is 5.32 Å². The molecule has 3 N–H and O–H groups in total. The quantitative estimate of drug-likeness (QED) is 0.713. The molecule has 1 aromatic rings. The molecule has 114 valence electrons. The van der Waals surface area contributed by atoms with E-state index in [0.29, 0.717) is 18.7 Å². The van der Waals surface area contributed by atoms with Crippen LogP contribution in [0.2, 0.25) is 0 Å². The largest absolute Gasteiger partial charge is 0.481 e. The molecule has 0 aliphatic heterocycles. The van der Waals surface area contributed by atoms with Crippen molar-refractivity contribution in [3.8, 4) is 0 Å². The summed E-state index contributed by atoms with van der Waals surface area (Å²) in [5, 5.41) is 20.5. The van der Waals surface area contributed by atoms with Crippen LogP contribution in [0.5, 0.6) is 0 Å². The number of amides is 2. The number of anilines is 1. The number of carbonyl (C=O) groups is 2. The Morgan fingerprint density at radius 2 is 2.10 bits per heavy atom. The molecule has 0 spiro atoms. The first-order valence-electron chi connectivity index (χ1n) is 7.09. The van der Waals surface area contributed by atoms with Gasteiger partial charge in [0.05, 0.1) is 6.61 Å². The van der Waals surface area contributed by atoms with E-state index in [9.17, 15) is 9.59 Å². The van der Waals surface area contributed by atoms with Crippen molar-refractivity contribution < 1.29 is 19.8 Å². The van der Waals surface area contributed by atoms with E-state index in [4.69, 9.17) is 10.2 Å². The van der Waals surface area contributed by atoms with Gasteiger partial charge < -0.3 is 20.4 Å². The molecule has 0 aromatic heterocycles. The molecule has 1 aliphatic carbocycles. The van der Waals surface area contributed by atoms with Gasteiger partial charge in [-0.1, -0.05) is 12.1 Å². The van der Waals surface area contributed by atoms with Crippen LogP contribution in [0.1, 0.15) is 24.8 Å². The summed E-state index contributed by atoms with van der Waals surface area (Å²) in [5.74, 6) is -0.840. The molecule has 2 amide bonds. The maximum absolute atomic E-state index is 12.2. The maximum Gasteiger partial charge on any atom is 0.322 e. The fourth-order valence-electron chi connectivity index (χ4n) is 2.20. The predicted molar refractivity (Wildman–Crippen MR) is 78.2 cm³/mol. The van der Waals surface area contributed by atoms with Crippen LogP contribution in [0.3, 0.4) is 0 Å². The molecule has 0 heterocycles. The lowest BCUT2D eigenvalue weighted by molar-refractivity contribution is -0.136. The standard InChI is InChI=1S/C15H20N2O4/c18-9-8-17(13-5-6-13)15(21)16-12-3-1-2-11(10-12)4-7-14(19)20/h1-3,10,13,18H,4-9H2,(H,16,21)(H,19,20). The van der Waals surface area contributed by atoms with Crippen molar-refractivity contribution in [2.45, 2.75) is 31.7 Å². The highest BCUT2D eigenvalue weighted by molar-refractivity contribution is 5.89. The van der Waals surface area contributed by atoms with Crippen molar-refractivity contribution in [1.29, 1.82) is 0 Å². The number of benzene rings is 1. The zero-order valence-electron chi connectivity index (χ0n) is 11.8.